The molecule has 1 N–H and O–H groups in total. The maximum Gasteiger partial charge on any atom is 0.408 e. The second-order valence-electron chi connectivity index (χ2n) is 19.4. The number of aryl methyl sites for hydroxylation is 1. The molecule has 71 heavy (non-hydrogen) atoms. The molecule has 0 unspecified atom stereocenters. The van der Waals surface area contributed by atoms with Gasteiger partial charge in [-0.3, -0.25) is 9.80 Å². The molecule has 4 aromatic rings. The minimum atomic E-state index is -1.10. The fourth-order valence-electron chi connectivity index (χ4n) is 11.3. The molecule has 14 heteroatoms. The zero-order valence-electron chi connectivity index (χ0n) is 42.2. The first kappa shape index (κ1) is 51.0. The summed E-state index contributed by atoms with van der Waals surface area (Å²) in [5.41, 5.74) is 9.21. The number of carbonyl (C=O) groups is 2. The highest BCUT2D eigenvalue weighted by Gasteiger charge is 2.57. The summed E-state index contributed by atoms with van der Waals surface area (Å²) in [5, 5.41) is 14.3. The van der Waals surface area contributed by atoms with E-state index >= 15 is 0 Å². The van der Waals surface area contributed by atoms with Gasteiger partial charge in [-0.25, -0.2) is 9.59 Å². The van der Waals surface area contributed by atoms with Gasteiger partial charge in [0.2, 0.25) is 0 Å². The van der Waals surface area contributed by atoms with Crippen molar-refractivity contribution in [3.8, 4) is 45.9 Å². The van der Waals surface area contributed by atoms with Crippen LogP contribution in [0.5, 0.6) is 28.7 Å². The van der Waals surface area contributed by atoms with E-state index in [1.165, 1.54) is 22.3 Å². The lowest BCUT2D eigenvalue weighted by Gasteiger charge is -2.60. The van der Waals surface area contributed by atoms with Crippen LogP contribution in [0.1, 0.15) is 83.3 Å². The minimum absolute atomic E-state index is 0.0856. The molecule has 6 atom stereocenters. The van der Waals surface area contributed by atoms with Crippen molar-refractivity contribution in [3.63, 3.8) is 0 Å². The highest BCUT2D eigenvalue weighted by atomic mass is 32.2. The fraction of sp³-hybridized carbons (Fsp3) is 0.421. The highest BCUT2D eigenvalue weighted by molar-refractivity contribution is 7.99. The number of piperazine rings is 1. The lowest BCUT2D eigenvalue weighted by atomic mass is 9.71. The highest BCUT2D eigenvalue weighted by Crippen LogP contribution is 2.58. The number of methoxy groups -OCH3 is 2. The van der Waals surface area contributed by atoms with E-state index in [-0.39, 0.29) is 50.2 Å². The molecule has 1 aliphatic carbocycles. The molecule has 3 aliphatic heterocycles. The van der Waals surface area contributed by atoms with Gasteiger partial charge in [-0.1, -0.05) is 92.6 Å². The average Bonchev–Trinajstić information content (AvgIpc) is 3.66. The normalized spacial score (nSPS) is 20.3. The first-order chi connectivity index (χ1) is 34.2. The Morgan fingerprint density at radius 2 is 1.44 bits per heavy atom. The fourth-order valence-corrected chi connectivity index (χ4v) is 12.5. The van der Waals surface area contributed by atoms with Crippen LogP contribution in [-0.2, 0) is 27.1 Å². The number of ether oxygens (including phenoxy) is 7. The number of amides is 1. The summed E-state index contributed by atoms with van der Waals surface area (Å²) in [7, 11) is 5.29. The molecule has 1 saturated heterocycles. The lowest BCUT2D eigenvalue weighted by molar-refractivity contribution is -0.151. The van der Waals surface area contributed by atoms with Gasteiger partial charge in [0.05, 0.1) is 32.4 Å². The third-order valence-electron chi connectivity index (χ3n) is 14.0. The topological polar surface area (TPSA) is 141 Å². The molecule has 0 saturated carbocycles. The molecule has 374 valence electrons. The predicted octanol–water partition coefficient (Wildman–Crippen LogP) is 9.77. The molecule has 4 aliphatic rings. The van der Waals surface area contributed by atoms with E-state index in [2.05, 4.69) is 103 Å². The molecule has 3 heterocycles. The van der Waals surface area contributed by atoms with Crippen LogP contribution in [0.2, 0.25) is 0 Å². The van der Waals surface area contributed by atoms with Gasteiger partial charge in [-0.05, 0) is 87.9 Å². The Labute approximate surface area is 422 Å². The number of nitrogens with one attached hydrogen (secondary N) is 1. The van der Waals surface area contributed by atoms with Gasteiger partial charge >= 0.3 is 12.1 Å². The number of nitrogens with zero attached hydrogens (tertiary/aromatic N) is 3. The molecular formula is C57H66N4O9S. The Morgan fingerprint density at radius 1 is 0.845 bits per heavy atom. The smallest absolute Gasteiger partial charge is 0.408 e. The number of alkyl carbamates (subject to hydrolysis) is 1. The Morgan fingerprint density at radius 3 is 2.01 bits per heavy atom. The van der Waals surface area contributed by atoms with Crippen LogP contribution in [0.15, 0.2) is 92.6 Å². The number of carbonyl (C=O) groups excluding carboxylic acids is 2. The number of fused-ring (bicyclic) bond motifs is 10. The molecule has 4 aromatic carbocycles. The SMILES string of the molecule is C=CCOc1c(C)c(OC)c(OCC=C)c2c1C[C@H]1[C@@H]3c4c(cc(C)c(OC)c4OCC=C)C[C@H]([C@H](C#N)N1[C@H]2COC(=O)[C@@H](CSCC1c2ccccc2-c2ccccc21)NC(=O)OC(C)(C)C)N3C. The van der Waals surface area contributed by atoms with Crippen molar-refractivity contribution in [1.29, 1.82) is 5.26 Å². The van der Waals surface area contributed by atoms with Gasteiger partial charge < -0.3 is 38.5 Å². The molecule has 0 radical (unpaired) electrons. The van der Waals surface area contributed by atoms with Gasteiger partial charge in [0.25, 0.3) is 0 Å². The Hall–Kier alpha value is -6.40. The number of thioether (sulfide) groups is 1. The summed E-state index contributed by atoms with van der Waals surface area (Å²) in [6, 6.07) is 18.1. The molecule has 1 fully saturated rings. The van der Waals surface area contributed by atoms with Crippen LogP contribution < -0.4 is 29.0 Å². The Bertz CT molecular complexity index is 2700. The number of nitriles is 1. The number of hydrogen-bond donors (Lipinski definition) is 1. The van der Waals surface area contributed by atoms with Crippen molar-refractivity contribution in [1.82, 2.24) is 15.1 Å². The van der Waals surface area contributed by atoms with Crippen LogP contribution in [0.25, 0.3) is 11.1 Å². The summed E-state index contributed by atoms with van der Waals surface area (Å²) >= 11 is 1.56. The van der Waals surface area contributed by atoms with Crippen LogP contribution in [0.4, 0.5) is 4.79 Å². The van der Waals surface area contributed by atoms with E-state index in [4.69, 9.17) is 33.2 Å². The van der Waals surface area contributed by atoms with Crippen molar-refractivity contribution in [2.75, 3.05) is 59.2 Å². The second kappa shape index (κ2) is 21.5. The largest absolute Gasteiger partial charge is 0.493 e. The van der Waals surface area contributed by atoms with E-state index in [1.807, 2.05) is 13.8 Å². The molecule has 8 rings (SSSR count). The van der Waals surface area contributed by atoms with Gasteiger partial charge in [-0.15, -0.1) is 0 Å². The summed E-state index contributed by atoms with van der Waals surface area (Å²) < 4.78 is 44.1. The summed E-state index contributed by atoms with van der Waals surface area (Å²) in [6.45, 7) is 21.5. The monoisotopic (exact) mass is 982 g/mol. The predicted molar refractivity (Wildman–Crippen MR) is 277 cm³/mol. The van der Waals surface area contributed by atoms with Crippen molar-refractivity contribution >= 4 is 23.8 Å². The second-order valence-corrected chi connectivity index (χ2v) is 20.5. The first-order valence-electron chi connectivity index (χ1n) is 24.2. The summed E-state index contributed by atoms with van der Waals surface area (Å²) in [5.74, 6) is 3.03. The van der Waals surface area contributed by atoms with Crippen LogP contribution in [0.3, 0.4) is 0 Å². The number of hydrogen-bond acceptors (Lipinski definition) is 13. The number of esters is 1. The molecule has 2 bridgehead atoms. The van der Waals surface area contributed by atoms with E-state index in [0.29, 0.717) is 52.9 Å². The summed E-state index contributed by atoms with van der Waals surface area (Å²) in [6.07, 6.45) is 5.27. The Balaban J connectivity index is 1.22. The van der Waals surface area contributed by atoms with Crippen molar-refractivity contribution < 1.29 is 42.7 Å². The zero-order chi connectivity index (χ0) is 50.7. The van der Waals surface area contributed by atoms with E-state index in [9.17, 15) is 14.9 Å². The zero-order valence-corrected chi connectivity index (χ0v) is 43.0. The van der Waals surface area contributed by atoms with Crippen molar-refractivity contribution in [2.24, 2.45) is 0 Å². The van der Waals surface area contributed by atoms with Crippen LogP contribution in [0, 0.1) is 25.2 Å². The van der Waals surface area contributed by atoms with Gasteiger partial charge in [0.1, 0.15) is 49.9 Å². The third kappa shape index (κ3) is 9.72. The lowest BCUT2D eigenvalue weighted by Crippen LogP contribution is -2.68. The van der Waals surface area contributed by atoms with Gasteiger partial charge in [0, 0.05) is 51.8 Å². The van der Waals surface area contributed by atoms with Gasteiger partial charge in [0.15, 0.2) is 23.0 Å². The molecule has 0 spiro atoms. The quantitative estimate of drug-likeness (QED) is 0.0705. The van der Waals surface area contributed by atoms with E-state index in [1.54, 1.807) is 65.0 Å². The maximum atomic E-state index is 14.9. The Kier molecular flexibility index (Phi) is 15.5. The molecule has 0 aromatic heterocycles. The molecule has 13 nitrogen and oxygen atoms in total. The minimum Gasteiger partial charge on any atom is -0.493 e. The van der Waals surface area contributed by atoms with Crippen molar-refractivity contribution in [2.45, 2.75) is 95.2 Å². The molecule has 1 amide bonds. The molecular weight excluding hydrogens is 917 g/mol. The maximum absolute atomic E-state index is 14.9. The number of benzene rings is 4. The number of rotatable bonds is 19. The van der Waals surface area contributed by atoms with Gasteiger partial charge in [-0.2, -0.15) is 17.0 Å². The number of likely N-dealkylation sites (N-methyl/N-ethyl adjacent to an activating group) is 1. The first-order valence-corrected chi connectivity index (χ1v) is 25.3. The summed E-state index contributed by atoms with van der Waals surface area (Å²) in [4.78, 5) is 32.9. The average molecular weight is 983 g/mol. The van der Waals surface area contributed by atoms with Crippen molar-refractivity contribution in [3.05, 3.63) is 137 Å². The van der Waals surface area contributed by atoms with E-state index in [0.717, 1.165) is 27.8 Å². The van der Waals surface area contributed by atoms with E-state index < -0.39 is 41.8 Å². The standard InChI is InChI=1S/C57H66N4O9S/c1-12-23-66-51-34(5)52(65-11)54(68-25-14-3)48-40(51)28-44-49-47-35(26-33(4)50(64-10)53(47)67-24-13-2)27-43(60(49)9)45(29-58)61(44)46(48)30-69-55(62)42(59-56(63)70-57(6,7)8)32-71-31-41-38-21-17-15-19-36(38)37-20-16-18-22-39(37)41/h12-22,26,41-46,49H,1-3,23-25,27-28,30-32H2,4-11H3,(H,59,63)/t42-,43-,44+,45+,46+,49-/m1/s1. The third-order valence-corrected chi connectivity index (χ3v) is 15.1. The van der Waals surface area contributed by atoms with Crippen LogP contribution in [-0.4, -0.2) is 111 Å². The van der Waals surface area contributed by atoms with Crippen LogP contribution >= 0.6 is 11.8 Å².